The molecular formula is C29H35N3O6. The predicted molar refractivity (Wildman–Crippen MR) is 140 cm³/mol. The fourth-order valence-corrected chi connectivity index (χ4v) is 6.67. The van der Waals surface area contributed by atoms with Crippen LogP contribution in [0.15, 0.2) is 54.6 Å². The second kappa shape index (κ2) is 10.4. The third kappa shape index (κ3) is 4.23. The number of fused-ring (bicyclic) bond motifs is 1. The number of ether oxygens (including phenoxy) is 2. The Balaban J connectivity index is 1.43. The molecule has 3 saturated heterocycles. The topological polar surface area (TPSA) is 117 Å². The molecule has 0 radical (unpaired) electrons. The summed E-state index contributed by atoms with van der Waals surface area (Å²) in [6.07, 6.45) is 1.61. The van der Waals surface area contributed by atoms with E-state index < -0.39 is 29.1 Å². The van der Waals surface area contributed by atoms with E-state index in [-0.39, 0.29) is 30.9 Å². The number of rotatable bonds is 10. The molecule has 5 rings (SSSR count). The number of β-amino-alcohol motifs (C(OH)–C–C–N with tert-alkyl or cyclic N) is 1. The molecule has 5 atom stereocenters. The van der Waals surface area contributed by atoms with Crippen LogP contribution in [0.5, 0.6) is 5.75 Å². The Bertz CT molecular complexity index is 1190. The van der Waals surface area contributed by atoms with E-state index in [1.54, 1.807) is 24.3 Å². The first-order chi connectivity index (χ1) is 18.4. The van der Waals surface area contributed by atoms with E-state index in [0.29, 0.717) is 43.9 Å². The van der Waals surface area contributed by atoms with E-state index in [4.69, 9.17) is 9.47 Å². The Hall–Kier alpha value is -3.43. The number of benzene rings is 2. The third-order valence-corrected chi connectivity index (χ3v) is 8.30. The number of nitrogens with zero attached hydrogens (tertiary/aromatic N) is 1. The summed E-state index contributed by atoms with van der Waals surface area (Å²) in [6, 6.07) is 15.7. The third-order valence-electron chi connectivity index (χ3n) is 8.30. The highest BCUT2D eigenvalue weighted by molar-refractivity contribution is 6.02. The van der Waals surface area contributed by atoms with Gasteiger partial charge in [0.05, 0.1) is 30.7 Å². The summed E-state index contributed by atoms with van der Waals surface area (Å²) in [7, 11) is 0. The SMILES string of the molecule is CCOc1ccc(NC(=O)[C@@H]2[C@H]3C(=O)N(CCO)C(C(=O)NCc4ccccc4)C34CC[C@@]2(CC)O4)cc1. The number of hydrogen-bond acceptors (Lipinski definition) is 6. The molecular weight excluding hydrogens is 486 g/mol. The van der Waals surface area contributed by atoms with E-state index in [2.05, 4.69) is 10.6 Å². The molecule has 1 spiro atoms. The maximum atomic E-state index is 13.9. The Morgan fingerprint density at radius 2 is 1.82 bits per heavy atom. The molecule has 2 aromatic rings. The molecule has 3 fully saturated rings. The summed E-state index contributed by atoms with van der Waals surface area (Å²) in [5, 5.41) is 15.7. The zero-order chi connectivity index (χ0) is 26.9. The van der Waals surface area contributed by atoms with Gasteiger partial charge in [0.1, 0.15) is 17.4 Å². The summed E-state index contributed by atoms with van der Waals surface area (Å²) < 4.78 is 12.2. The molecule has 2 aromatic carbocycles. The number of nitrogens with one attached hydrogen (secondary N) is 2. The molecule has 2 unspecified atom stereocenters. The number of aliphatic hydroxyl groups excluding tert-OH is 1. The molecule has 3 aliphatic rings. The van der Waals surface area contributed by atoms with Crippen molar-refractivity contribution in [3.05, 3.63) is 60.2 Å². The van der Waals surface area contributed by atoms with Crippen molar-refractivity contribution >= 4 is 23.4 Å². The van der Waals surface area contributed by atoms with Crippen molar-refractivity contribution < 1.29 is 29.0 Å². The summed E-state index contributed by atoms with van der Waals surface area (Å²) in [5.74, 6) is -1.82. The Morgan fingerprint density at radius 1 is 1.08 bits per heavy atom. The van der Waals surface area contributed by atoms with Crippen LogP contribution in [0.25, 0.3) is 0 Å². The van der Waals surface area contributed by atoms with Crippen LogP contribution in [0, 0.1) is 11.8 Å². The number of aliphatic hydroxyl groups is 1. The lowest BCUT2D eigenvalue weighted by molar-refractivity contribution is -0.147. The van der Waals surface area contributed by atoms with Crippen LogP contribution < -0.4 is 15.4 Å². The minimum atomic E-state index is -1.12. The summed E-state index contributed by atoms with van der Waals surface area (Å²) >= 11 is 0. The fourth-order valence-electron chi connectivity index (χ4n) is 6.67. The second-order valence-corrected chi connectivity index (χ2v) is 10.2. The standard InChI is InChI=1S/C29H35N3O6/c1-3-28-14-15-29(38-28)23(22(28)25(34)31-20-10-12-21(13-11-20)37-4-2)27(36)32(16-17-33)24(29)26(35)30-18-19-8-6-5-7-9-19/h5-13,22-24,33H,3-4,14-18H2,1-2H3,(H,30,35)(H,31,34)/t22-,23-,24?,28+,29?/m0/s1. The number of anilines is 1. The lowest BCUT2D eigenvalue weighted by atomic mass is 9.65. The molecule has 3 heterocycles. The van der Waals surface area contributed by atoms with Gasteiger partial charge in [0, 0.05) is 18.8 Å². The first kappa shape index (κ1) is 26.2. The molecule has 202 valence electrons. The first-order valence-electron chi connectivity index (χ1n) is 13.4. The monoisotopic (exact) mass is 521 g/mol. The van der Waals surface area contributed by atoms with Gasteiger partial charge in [-0.25, -0.2) is 0 Å². The van der Waals surface area contributed by atoms with Gasteiger partial charge < -0.3 is 30.1 Å². The average Bonchev–Trinajstić information content (AvgIpc) is 3.53. The second-order valence-electron chi connectivity index (χ2n) is 10.2. The number of likely N-dealkylation sites (tertiary alicyclic amines) is 1. The molecule has 0 aromatic heterocycles. The van der Waals surface area contributed by atoms with Crippen molar-refractivity contribution in [1.29, 1.82) is 0 Å². The first-order valence-corrected chi connectivity index (χ1v) is 13.4. The maximum absolute atomic E-state index is 13.9. The molecule has 3 aliphatic heterocycles. The van der Waals surface area contributed by atoms with Crippen LogP contribution in [0.3, 0.4) is 0 Å². The number of hydrogen-bond donors (Lipinski definition) is 3. The molecule has 0 saturated carbocycles. The van der Waals surface area contributed by atoms with Crippen LogP contribution in [0.4, 0.5) is 5.69 Å². The van der Waals surface area contributed by atoms with E-state index in [0.717, 1.165) is 5.56 Å². The molecule has 38 heavy (non-hydrogen) atoms. The Kier molecular flexibility index (Phi) is 7.15. The number of carbonyl (C=O) groups excluding carboxylic acids is 3. The smallest absolute Gasteiger partial charge is 0.246 e. The van der Waals surface area contributed by atoms with Gasteiger partial charge >= 0.3 is 0 Å². The Morgan fingerprint density at radius 3 is 2.47 bits per heavy atom. The molecule has 3 amide bonds. The zero-order valence-corrected chi connectivity index (χ0v) is 21.8. The number of amides is 3. The summed E-state index contributed by atoms with van der Waals surface area (Å²) in [4.78, 5) is 42.7. The van der Waals surface area contributed by atoms with Crippen molar-refractivity contribution in [2.75, 3.05) is 25.1 Å². The van der Waals surface area contributed by atoms with Gasteiger partial charge in [-0.1, -0.05) is 37.3 Å². The molecule has 9 heteroatoms. The fraction of sp³-hybridized carbons (Fsp3) is 0.483. The zero-order valence-electron chi connectivity index (χ0n) is 21.8. The van der Waals surface area contributed by atoms with Gasteiger partial charge in [-0.2, -0.15) is 0 Å². The summed E-state index contributed by atoms with van der Waals surface area (Å²) in [5.41, 5.74) is -0.429. The molecule has 3 N–H and O–H groups in total. The largest absolute Gasteiger partial charge is 0.494 e. The van der Waals surface area contributed by atoms with Crippen LogP contribution in [-0.2, 0) is 25.7 Å². The highest BCUT2D eigenvalue weighted by Crippen LogP contribution is 2.64. The number of carbonyl (C=O) groups is 3. The van der Waals surface area contributed by atoms with Crippen molar-refractivity contribution in [2.24, 2.45) is 11.8 Å². The average molecular weight is 522 g/mol. The van der Waals surface area contributed by atoms with Crippen molar-refractivity contribution in [3.8, 4) is 5.75 Å². The lowest BCUT2D eigenvalue weighted by Gasteiger charge is -2.34. The van der Waals surface area contributed by atoms with Gasteiger partial charge in [-0.05, 0) is 56.0 Å². The van der Waals surface area contributed by atoms with Gasteiger partial charge in [-0.3, -0.25) is 14.4 Å². The van der Waals surface area contributed by atoms with Gasteiger partial charge in [0.25, 0.3) is 0 Å². The van der Waals surface area contributed by atoms with Crippen LogP contribution in [0.2, 0.25) is 0 Å². The van der Waals surface area contributed by atoms with Gasteiger partial charge in [-0.15, -0.1) is 0 Å². The van der Waals surface area contributed by atoms with E-state index in [1.165, 1.54) is 4.90 Å². The highest BCUT2D eigenvalue weighted by atomic mass is 16.5. The normalized spacial score (nSPS) is 29.3. The molecule has 9 nitrogen and oxygen atoms in total. The minimum Gasteiger partial charge on any atom is -0.494 e. The van der Waals surface area contributed by atoms with E-state index in [9.17, 15) is 19.5 Å². The highest BCUT2D eigenvalue weighted by Gasteiger charge is 2.78. The van der Waals surface area contributed by atoms with Crippen molar-refractivity contribution in [1.82, 2.24) is 10.2 Å². The van der Waals surface area contributed by atoms with E-state index in [1.807, 2.05) is 44.2 Å². The minimum absolute atomic E-state index is 0.00375. The molecule has 2 bridgehead atoms. The van der Waals surface area contributed by atoms with Crippen molar-refractivity contribution in [2.45, 2.75) is 56.9 Å². The Labute approximate surface area is 222 Å². The van der Waals surface area contributed by atoms with Crippen LogP contribution >= 0.6 is 0 Å². The van der Waals surface area contributed by atoms with Gasteiger partial charge in [0.15, 0.2) is 0 Å². The van der Waals surface area contributed by atoms with Crippen LogP contribution in [-0.4, -0.2) is 64.7 Å². The van der Waals surface area contributed by atoms with Crippen LogP contribution in [0.1, 0.15) is 38.7 Å². The maximum Gasteiger partial charge on any atom is 0.246 e. The predicted octanol–water partition coefficient (Wildman–Crippen LogP) is 2.49. The lowest BCUT2D eigenvalue weighted by Crippen LogP contribution is -2.55. The quantitative estimate of drug-likeness (QED) is 0.442. The van der Waals surface area contributed by atoms with Crippen molar-refractivity contribution in [3.63, 3.8) is 0 Å². The van der Waals surface area contributed by atoms with Gasteiger partial charge in [0.2, 0.25) is 17.7 Å². The van der Waals surface area contributed by atoms with E-state index >= 15 is 0 Å². The molecule has 0 aliphatic carbocycles. The summed E-state index contributed by atoms with van der Waals surface area (Å²) in [6.45, 7) is 4.41.